The smallest absolute Gasteiger partial charge is 0.0260 e. The van der Waals surface area contributed by atoms with Gasteiger partial charge in [-0.15, -0.1) is 0 Å². The van der Waals surface area contributed by atoms with Crippen molar-refractivity contribution >= 4 is 0 Å². The predicted octanol–water partition coefficient (Wildman–Crippen LogP) is 1.67. The Kier molecular flexibility index (Phi) is 5.92. The van der Waals surface area contributed by atoms with E-state index in [1.165, 1.54) is 0 Å². The third-order valence-electron chi connectivity index (χ3n) is 1.44. The summed E-state index contributed by atoms with van der Waals surface area (Å²) in [7, 11) is 0. The molecule has 0 bridgehead atoms. The second kappa shape index (κ2) is 6.39. The van der Waals surface area contributed by atoms with E-state index in [-0.39, 0.29) is 0 Å². The van der Waals surface area contributed by atoms with Gasteiger partial charge in [-0.3, -0.25) is 0 Å². The van der Waals surface area contributed by atoms with Crippen LogP contribution in [0.2, 0.25) is 0 Å². The van der Waals surface area contributed by atoms with E-state index in [9.17, 15) is 0 Å². The number of azide groups is 1. The summed E-state index contributed by atoms with van der Waals surface area (Å²) in [6.45, 7) is 3.43. The van der Waals surface area contributed by atoms with Crippen molar-refractivity contribution in [1.82, 2.24) is 0 Å². The molecule has 58 valence electrons. The maximum Gasteiger partial charge on any atom is 0.0260 e. The lowest BCUT2D eigenvalue weighted by atomic mass is 10.0. The van der Waals surface area contributed by atoms with Crippen molar-refractivity contribution in [3.8, 4) is 0 Å². The van der Waals surface area contributed by atoms with Crippen LogP contribution in [-0.4, -0.2) is 13.1 Å². The molecular formula is C6H14N4. The van der Waals surface area contributed by atoms with E-state index in [0.29, 0.717) is 12.5 Å². The predicted molar refractivity (Wildman–Crippen MR) is 41.5 cm³/mol. The van der Waals surface area contributed by atoms with Crippen LogP contribution < -0.4 is 5.73 Å². The molecule has 0 heterocycles. The van der Waals surface area contributed by atoms with Gasteiger partial charge in [0, 0.05) is 11.5 Å². The summed E-state index contributed by atoms with van der Waals surface area (Å²) < 4.78 is 0. The van der Waals surface area contributed by atoms with E-state index >= 15 is 0 Å². The number of nitrogens with two attached hydrogens (primary N) is 1. The SMILES string of the molecule is CC(CCN)CCN=[N+]=[N-]. The average molecular weight is 142 g/mol. The van der Waals surface area contributed by atoms with Crippen LogP contribution in [0.3, 0.4) is 0 Å². The Morgan fingerprint density at radius 2 is 2.30 bits per heavy atom. The van der Waals surface area contributed by atoms with Crippen LogP contribution in [-0.2, 0) is 0 Å². The van der Waals surface area contributed by atoms with Crippen LogP contribution in [0.25, 0.3) is 10.4 Å². The molecule has 0 amide bonds. The Bertz CT molecular complexity index is 117. The first kappa shape index (κ1) is 9.27. The van der Waals surface area contributed by atoms with Crippen molar-refractivity contribution in [1.29, 1.82) is 0 Å². The maximum atomic E-state index is 7.94. The summed E-state index contributed by atoms with van der Waals surface area (Å²) in [5, 5.41) is 3.43. The summed E-state index contributed by atoms with van der Waals surface area (Å²) in [6, 6.07) is 0. The molecule has 0 aromatic carbocycles. The molecule has 0 aromatic rings. The molecule has 0 saturated heterocycles. The molecule has 0 aliphatic rings. The van der Waals surface area contributed by atoms with E-state index < -0.39 is 0 Å². The second-order valence-electron chi connectivity index (χ2n) is 2.43. The fourth-order valence-electron chi connectivity index (χ4n) is 0.752. The molecule has 4 nitrogen and oxygen atoms in total. The molecule has 0 radical (unpaired) electrons. The Morgan fingerprint density at radius 3 is 2.80 bits per heavy atom. The molecule has 1 atom stereocenters. The van der Waals surface area contributed by atoms with Gasteiger partial charge >= 0.3 is 0 Å². The number of hydrogen-bond acceptors (Lipinski definition) is 2. The van der Waals surface area contributed by atoms with Gasteiger partial charge in [0.1, 0.15) is 0 Å². The van der Waals surface area contributed by atoms with Gasteiger partial charge in [0.15, 0.2) is 0 Å². The minimum atomic E-state index is 0.579. The van der Waals surface area contributed by atoms with Crippen molar-refractivity contribution in [2.24, 2.45) is 16.8 Å². The fraction of sp³-hybridized carbons (Fsp3) is 1.00. The molecule has 2 N–H and O–H groups in total. The highest BCUT2D eigenvalue weighted by Gasteiger charge is 1.97. The minimum Gasteiger partial charge on any atom is -0.330 e. The zero-order valence-corrected chi connectivity index (χ0v) is 6.32. The molecule has 0 fully saturated rings. The number of nitrogens with zero attached hydrogens (tertiary/aromatic N) is 3. The molecule has 0 aromatic heterocycles. The third-order valence-corrected chi connectivity index (χ3v) is 1.44. The summed E-state index contributed by atoms with van der Waals surface area (Å²) in [6.07, 6.45) is 1.96. The van der Waals surface area contributed by atoms with Crippen LogP contribution in [0.5, 0.6) is 0 Å². The van der Waals surface area contributed by atoms with E-state index in [1.807, 2.05) is 0 Å². The molecule has 4 heteroatoms. The monoisotopic (exact) mass is 142 g/mol. The summed E-state index contributed by atoms with van der Waals surface area (Å²) in [5.74, 6) is 0.579. The third kappa shape index (κ3) is 5.41. The van der Waals surface area contributed by atoms with E-state index in [1.54, 1.807) is 0 Å². The standard InChI is InChI=1S/C6H14N4/c1-6(2-4-7)3-5-9-10-8/h6H,2-5,7H2,1H3. The first-order chi connectivity index (χ1) is 4.81. The van der Waals surface area contributed by atoms with E-state index in [0.717, 1.165) is 19.4 Å². The van der Waals surface area contributed by atoms with Crippen molar-refractivity contribution < 1.29 is 0 Å². The zero-order valence-electron chi connectivity index (χ0n) is 6.32. The lowest BCUT2D eigenvalue weighted by Gasteiger charge is -2.05. The van der Waals surface area contributed by atoms with E-state index in [2.05, 4.69) is 16.9 Å². The van der Waals surface area contributed by atoms with Crippen molar-refractivity contribution in [2.75, 3.05) is 13.1 Å². The molecule has 0 spiro atoms. The summed E-state index contributed by atoms with van der Waals surface area (Å²) in [5.41, 5.74) is 13.3. The molecular weight excluding hydrogens is 128 g/mol. The van der Waals surface area contributed by atoms with Crippen LogP contribution in [0, 0.1) is 5.92 Å². The first-order valence-corrected chi connectivity index (χ1v) is 3.52. The highest BCUT2D eigenvalue weighted by atomic mass is 15.1. The number of hydrogen-bond donors (Lipinski definition) is 1. The quantitative estimate of drug-likeness (QED) is 0.354. The van der Waals surface area contributed by atoms with Gasteiger partial charge in [-0.25, -0.2) is 0 Å². The van der Waals surface area contributed by atoms with Gasteiger partial charge in [0.2, 0.25) is 0 Å². The number of rotatable bonds is 5. The average Bonchev–Trinajstić information content (AvgIpc) is 1.89. The van der Waals surface area contributed by atoms with E-state index in [4.69, 9.17) is 11.3 Å². The normalized spacial score (nSPS) is 12.2. The van der Waals surface area contributed by atoms with Gasteiger partial charge in [-0.05, 0) is 30.8 Å². The van der Waals surface area contributed by atoms with Crippen LogP contribution in [0.4, 0.5) is 0 Å². The highest BCUT2D eigenvalue weighted by Crippen LogP contribution is 2.05. The maximum absolute atomic E-state index is 7.94. The summed E-state index contributed by atoms with van der Waals surface area (Å²) >= 11 is 0. The van der Waals surface area contributed by atoms with Gasteiger partial charge < -0.3 is 5.73 Å². The minimum absolute atomic E-state index is 0.579. The zero-order chi connectivity index (χ0) is 7.82. The Balaban J connectivity index is 3.20. The molecule has 0 rings (SSSR count). The van der Waals surface area contributed by atoms with Gasteiger partial charge in [-0.1, -0.05) is 12.0 Å². The largest absolute Gasteiger partial charge is 0.330 e. The Hall–Kier alpha value is -0.730. The van der Waals surface area contributed by atoms with Crippen LogP contribution >= 0.6 is 0 Å². The molecule has 0 aliphatic heterocycles. The van der Waals surface area contributed by atoms with Crippen LogP contribution in [0.15, 0.2) is 5.11 Å². The van der Waals surface area contributed by atoms with Crippen LogP contribution in [0.1, 0.15) is 19.8 Å². The topological polar surface area (TPSA) is 74.8 Å². The van der Waals surface area contributed by atoms with Gasteiger partial charge in [0.05, 0.1) is 0 Å². The van der Waals surface area contributed by atoms with Gasteiger partial charge in [0.25, 0.3) is 0 Å². The second-order valence-corrected chi connectivity index (χ2v) is 2.43. The van der Waals surface area contributed by atoms with Gasteiger partial charge in [-0.2, -0.15) is 0 Å². The Morgan fingerprint density at radius 1 is 1.60 bits per heavy atom. The molecule has 1 unspecified atom stereocenters. The fourth-order valence-corrected chi connectivity index (χ4v) is 0.752. The highest BCUT2D eigenvalue weighted by molar-refractivity contribution is 4.56. The summed E-state index contributed by atoms with van der Waals surface area (Å²) in [4.78, 5) is 2.66. The molecule has 10 heavy (non-hydrogen) atoms. The van der Waals surface area contributed by atoms with Crippen molar-refractivity contribution in [2.45, 2.75) is 19.8 Å². The van der Waals surface area contributed by atoms with Crippen molar-refractivity contribution in [3.05, 3.63) is 10.4 Å². The lowest BCUT2D eigenvalue weighted by molar-refractivity contribution is 0.506. The van der Waals surface area contributed by atoms with Crippen molar-refractivity contribution in [3.63, 3.8) is 0 Å². The Labute approximate surface area is 61.0 Å². The first-order valence-electron chi connectivity index (χ1n) is 3.52. The molecule has 0 saturated carbocycles. The lowest BCUT2D eigenvalue weighted by Crippen LogP contribution is -2.06. The molecule has 0 aliphatic carbocycles.